The lowest BCUT2D eigenvalue weighted by atomic mass is 9.98. The van der Waals surface area contributed by atoms with E-state index in [9.17, 15) is 14.7 Å². The highest BCUT2D eigenvalue weighted by Gasteiger charge is 2.22. The highest BCUT2D eigenvalue weighted by molar-refractivity contribution is 7.16. The molecule has 2 aromatic carbocycles. The van der Waals surface area contributed by atoms with Crippen LogP contribution < -0.4 is 4.94 Å². The Morgan fingerprint density at radius 2 is 1.29 bits per heavy atom. The number of phenols is 1. The summed E-state index contributed by atoms with van der Waals surface area (Å²) in [5.41, 5.74) is 0.651. The number of unbranched alkanes of at least 4 members (excludes halogenated alkanes) is 14. The molecule has 186 valence electrons. The predicted molar refractivity (Wildman–Crippen MR) is 143 cm³/mol. The van der Waals surface area contributed by atoms with Crippen molar-refractivity contribution in [2.75, 3.05) is 0 Å². The number of aromatic hydroxyl groups is 1. The molecule has 1 aromatic heterocycles. The van der Waals surface area contributed by atoms with Crippen LogP contribution in [-0.2, 0) is 0 Å². The maximum Gasteiger partial charge on any atom is 0.396 e. The second-order valence-corrected chi connectivity index (χ2v) is 10.5. The summed E-state index contributed by atoms with van der Waals surface area (Å²) in [6.07, 6.45) is 19.6. The third kappa shape index (κ3) is 7.43. The molecule has 0 saturated carbocycles. The summed E-state index contributed by atoms with van der Waals surface area (Å²) in [4.78, 5) is 24.4. The molecular weight excluding hydrogens is 444 g/mol. The van der Waals surface area contributed by atoms with Gasteiger partial charge in [-0.2, -0.15) is 0 Å². The monoisotopic (exact) mass is 484 g/mol. The van der Waals surface area contributed by atoms with Gasteiger partial charge in [0.25, 0.3) is 0 Å². The maximum atomic E-state index is 13.0. The zero-order valence-electron chi connectivity index (χ0n) is 20.7. The van der Waals surface area contributed by atoms with Crippen molar-refractivity contribution >= 4 is 38.2 Å². The van der Waals surface area contributed by atoms with Crippen molar-refractivity contribution in [3.05, 3.63) is 39.6 Å². The Kier molecular flexibility index (Phi) is 11.1. The van der Waals surface area contributed by atoms with Crippen LogP contribution in [0.15, 0.2) is 33.5 Å². The number of phenolic OH excluding ortho intramolecular Hbond substituents is 1. The summed E-state index contributed by atoms with van der Waals surface area (Å²) in [5, 5.41) is 12.0. The van der Waals surface area contributed by atoms with E-state index in [2.05, 4.69) is 6.92 Å². The molecule has 0 unspecified atom stereocenters. The van der Waals surface area contributed by atoms with Gasteiger partial charge in [-0.3, -0.25) is 4.79 Å². The first kappa shape index (κ1) is 26.5. The summed E-state index contributed by atoms with van der Waals surface area (Å²) in [5.74, 6) is -0.147. The van der Waals surface area contributed by atoms with E-state index in [1.54, 1.807) is 18.2 Å². The molecule has 0 aliphatic heterocycles. The van der Waals surface area contributed by atoms with Crippen molar-refractivity contribution in [2.45, 2.75) is 110 Å². The maximum absolute atomic E-state index is 13.0. The van der Waals surface area contributed by atoms with E-state index in [1.165, 1.54) is 77.0 Å². The third-order valence-corrected chi connectivity index (χ3v) is 7.60. The van der Waals surface area contributed by atoms with Gasteiger partial charge in [-0.15, -0.1) is 0 Å². The van der Waals surface area contributed by atoms with Gasteiger partial charge >= 0.3 is 4.94 Å². The first-order chi connectivity index (χ1) is 16.6. The Morgan fingerprint density at radius 3 is 1.85 bits per heavy atom. The molecule has 0 saturated heterocycles. The Bertz CT molecular complexity index is 1090. The first-order valence-electron chi connectivity index (χ1n) is 13.3. The van der Waals surface area contributed by atoms with Gasteiger partial charge in [0.1, 0.15) is 5.75 Å². The minimum Gasteiger partial charge on any atom is -0.506 e. The largest absolute Gasteiger partial charge is 0.506 e. The number of hydrogen-bond donors (Lipinski definition) is 1. The number of rotatable bonds is 17. The molecule has 0 atom stereocenters. The van der Waals surface area contributed by atoms with E-state index in [-0.39, 0.29) is 17.1 Å². The van der Waals surface area contributed by atoms with E-state index in [1.807, 2.05) is 6.07 Å². The minimum atomic E-state index is -0.452. The van der Waals surface area contributed by atoms with Crippen LogP contribution >= 0.6 is 11.3 Å². The molecule has 0 spiro atoms. The van der Waals surface area contributed by atoms with Crippen LogP contribution in [0.2, 0.25) is 0 Å². The van der Waals surface area contributed by atoms with Gasteiger partial charge in [0.05, 0.1) is 10.3 Å². The minimum absolute atomic E-state index is 0.0360. The fourth-order valence-corrected chi connectivity index (χ4v) is 5.64. The molecule has 0 fully saturated rings. The Labute approximate surface area is 207 Å². The molecule has 1 heterocycles. The predicted octanol–water partition coefficient (Wildman–Crippen LogP) is 9.16. The number of hydrogen-bond acceptors (Lipinski definition) is 5. The zero-order chi connectivity index (χ0) is 24.2. The van der Waals surface area contributed by atoms with Gasteiger partial charge in [0, 0.05) is 17.2 Å². The zero-order valence-corrected chi connectivity index (χ0v) is 21.5. The van der Waals surface area contributed by atoms with E-state index in [0.717, 1.165) is 30.6 Å². The van der Waals surface area contributed by atoms with E-state index in [0.29, 0.717) is 27.5 Å². The van der Waals surface area contributed by atoms with Gasteiger partial charge < -0.3 is 9.52 Å². The molecule has 0 amide bonds. The van der Waals surface area contributed by atoms with Gasteiger partial charge in [-0.05, 0) is 6.42 Å². The van der Waals surface area contributed by atoms with E-state index < -0.39 is 4.94 Å². The fourth-order valence-electron chi connectivity index (χ4n) is 4.79. The van der Waals surface area contributed by atoms with Crippen LogP contribution in [0.1, 0.15) is 120 Å². The van der Waals surface area contributed by atoms with Crippen molar-refractivity contribution < 1.29 is 14.3 Å². The quantitative estimate of drug-likeness (QED) is 0.153. The summed E-state index contributed by atoms with van der Waals surface area (Å²) in [6, 6.07) is 7.19. The van der Waals surface area contributed by atoms with E-state index in [4.69, 9.17) is 4.42 Å². The average molecular weight is 485 g/mol. The van der Waals surface area contributed by atoms with Gasteiger partial charge in [0.15, 0.2) is 11.4 Å². The number of Topliss-reactive ketones (excluding diaryl/α,β-unsaturated/α-hetero) is 1. The molecule has 0 bridgehead atoms. The number of carbonyl (C=O) groups is 1. The molecule has 0 aliphatic carbocycles. The molecule has 0 radical (unpaired) electrons. The second-order valence-electron chi connectivity index (χ2n) is 9.50. The van der Waals surface area contributed by atoms with Crippen LogP contribution in [0.5, 0.6) is 5.75 Å². The smallest absolute Gasteiger partial charge is 0.396 e. The van der Waals surface area contributed by atoms with Gasteiger partial charge in [-0.25, -0.2) is 4.79 Å². The highest BCUT2D eigenvalue weighted by Crippen LogP contribution is 2.39. The fraction of sp³-hybridized carbons (Fsp3) is 0.586. The number of benzene rings is 2. The highest BCUT2D eigenvalue weighted by atomic mass is 32.1. The third-order valence-electron chi connectivity index (χ3n) is 6.75. The Morgan fingerprint density at radius 1 is 0.794 bits per heavy atom. The van der Waals surface area contributed by atoms with Gasteiger partial charge in [-0.1, -0.05) is 132 Å². The second kappa shape index (κ2) is 14.3. The molecule has 34 heavy (non-hydrogen) atoms. The first-order valence-corrected chi connectivity index (χ1v) is 14.2. The summed E-state index contributed by atoms with van der Waals surface area (Å²) >= 11 is 0.897. The standard InChI is InChI=1S/C29H40O4S/c1-2-3-4-5-6-7-8-9-10-11-12-13-14-15-16-21-24(30)25-26(31)22-19-17-18-20-23(22)27-28(25)34-29(32)33-27/h17-20,31H,2-16,21H2,1H3. The number of fused-ring (bicyclic) bond motifs is 3. The molecule has 0 aliphatic rings. The van der Waals surface area contributed by atoms with Crippen molar-refractivity contribution in [2.24, 2.45) is 0 Å². The summed E-state index contributed by atoms with van der Waals surface area (Å²) < 4.78 is 5.82. The molecule has 5 heteroatoms. The Hall–Kier alpha value is -2.14. The van der Waals surface area contributed by atoms with Crippen LogP contribution in [0.4, 0.5) is 0 Å². The molecule has 3 rings (SSSR count). The average Bonchev–Trinajstić information content (AvgIpc) is 3.23. The lowest BCUT2D eigenvalue weighted by molar-refractivity contribution is 0.0978. The topological polar surface area (TPSA) is 67.5 Å². The SMILES string of the molecule is CCCCCCCCCCCCCCCCCC(=O)c1c(O)c2ccccc2c2oc(=O)sc12. The molecular formula is C29H40O4S. The normalized spacial score (nSPS) is 11.6. The number of carbonyl (C=O) groups excluding carboxylic acids is 1. The Balaban J connectivity index is 1.34. The van der Waals surface area contributed by atoms with Crippen molar-refractivity contribution in [3.8, 4) is 5.75 Å². The van der Waals surface area contributed by atoms with Crippen molar-refractivity contribution in [1.82, 2.24) is 0 Å². The van der Waals surface area contributed by atoms with Crippen LogP contribution in [0.3, 0.4) is 0 Å². The van der Waals surface area contributed by atoms with Crippen LogP contribution in [-0.4, -0.2) is 10.9 Å². The summed E-state index contributed by atoms with van der Waals surface area (Å²) in [7, 11) is 0. The van der Waals surface area contributed by atoms with Crippen molar-refractivity contribution in [3.63, 3.8) is 0 Å². The van der Waals surface area contributed by atoms with Gasteiger partial charge in [0.2, 0.25) is 0 Å². The lowest BCUT2D eigenvalue weighted by Gasteiger charge is -2.09. The number of ketones is 1. The molecule has 1 N–H and O–H groups in total. The summed E-state index contributed by atoms with van der Waals surface area (Å²) in [6.45, 7) is 2.27. The van der Waals surface area contributed by atoms with E-state index >= 15 is 0 Å². The van der Waals surface area contributed by atoms with Crippen LogP contribution in [0, 0.1) is 0 Å². The lowest BCUT2D eigenvalue weighted by Crippen LogP contribution is -2.00. The molecule has 4 nitrogen and oxygen atoms in total. The van der Waals surface area contributed by atoms with Crippen molar-refractivity contribution in [1.29, 1.82) is 0 Å². The molecule has 3 aromatic rings. The van der Waals surface area contributed by atoms with Crippen LogP contribution in [0.25, 0.3) is 21.1 Å².